The summed E-state index contributed by atoms with van der Waals surface area (Å²) < 4.78 is 0. The average molecular weight is 270 g/mol. The Kier molecular flexibility index (Phi) is 3.59. The molecule has 0 saturated heterocycles. The lowest BCUT2D eigenvalue weighted by molar-refractivity contribution is -0.131. The smallest absolute Gasteiger partial charge is 0.0806 e. The first kappa shape index (κ1) is 15.0. The summed E-state index contributed by atoms with van der Waals surface area (Å²) in [4.78, 5) is 0. The van der Waals surface area contributed by atoms with Crippen LogP contribution in [0.3, 0.4) is 0 Å². The fraction of sp³-hybridized carbons (Fsp3) is 0.867. The molecule has 0 unspecified atom stereocenters. The Balaban J connectivity index is 2.54. The molecule has 4 N–H and O–H groups in total. The van der Waals surface area contributed by atoms with Crippen LogP contribution in [-0.2, 0) is 0 Å². The minimum Gasteiger partial charge on any atom is -0.392 e. The molecule has 110 valence electrons. The van der Waals surface area contributed by atoms with Crippen molar-refractivity contribution >= 4 is 0 Å². The van der Waals surface area contributed by atoms with E-state index in [1.165, 1.54) is 0 Å². The first-order valence-corrected chi connectivity index (χ1v) is 7.08. The maximum absolute atomic E-state index is 10.9. The summed E-state index contributed by atoms with van der Waals surface area (Å²) in [7, 11) is 0. The third-order valence-electron chi connectivity index (χ3n) is 5.44. The average Bonchev–Trinajstić information content (AvgIpc) is 2.42. The van der Waals surface area contributed by atoms with Gasteiger partial charge in [-0.15, -0.1) is 0 Å². The van der Waals surface area contributed by atoms with Gasteiger partial charge in [0.05, 0.1) is 23.9 Å². The summed E-state index contributed by atoms with van der Waals surface area (Å²) in [6, 6.07) is 0. The Morgan fingerprint density at radius 1 is 1.26 bits per heavy atom. The van der Waals surface area contributed by atoms with E-state index in [2.05, 4.69) is 0 Å². The highest BCUT2D eigenvalue weighted by Gasteiger charge is 2.65. The number of aliphatic hydroxyl groups is 4. The molecule has 0 aliphatic heterocycles. The predicted octanol–water partition coefficient (Wildman–Crippen LogP) is 0.832. The number of hydrogen-bond donors (Lipinski definition) is 4. The SMILES string of the molecule is CC1=C[C@@H](O)[C@@]2(C)[C@H](O)C[C@@](O)(C(C)C)[C@@H]2[C@@H](O)C1. The predicted molar refractivity (Wildman–Crippen MR) is 72.4 cm³/mol. The minimum absolute atomic E-state index is 0.0887. The van der Waals surface area contributed by atoms with Crippen molar-refractivity contribution in [1.82, 2.24) is 0 Å². The van der Waals surface area contributed by atoms with Crippen molar-refractivity contribution in [3.8, 4) is 0 Å². The zero-order valence-electron chi connectivity index (χ0n) is 12.2. The van der Waals surface area contributed by atoms with Gasteiger partial charge < -0.3 is 20.4 Å². The first-order chi connectivity index (χ1) is 8.64. The monoisotopic (exact) mass is 270 g/mol. The summed E-state index contributed by atoms with van der Waals surface area (Å²) in [5.74, 6) is -0.618. The maximum atomic E-state index is 10.9. The molecule has 0 spiro atoms. The van der Waals surface area contributed by atoms with Crippen LogP contribution >= 0.6 is 0 Å². The van der Waals surface area contributed by atoms with Gasteiger partial charge >= 0.3 is 0 Å². The Hall–Kier alpha value is -0.420. The molecule has 0 bridgehead atoms. The summed E-state index contributed by atoms with van der Waals surface area (Å²) in [5, 5.41) is 42.3. The Bertz CT molecular complexity index is 392. The summed E-state index contributed by atoms with van der Waals surface area (Å²) in [6.45, 7) is 7.41. The van der Waals surface area contributed by atoms with Gasteiger partial charge in [0.15, 0.2) is 0 Å². The lowest BCUT2D eigenvalue weighted by Crippen LogP contribution is -2.52. The van der Waals surface area contributed by atoms with Crippen LogP contribution < -0.4 is 0 Å². The third kappa shape index (κ3) is 1.97. The normalized spacial score (nSPS) is 50.9. The highest BCUT2D eigenvalue weighted by Crippen LogP contribution is 2.57. The molecule has 0 aromatic rings. The van der Waals surface area contributed by atoms with Crippen molar-refractivity contribution in [1.29, 1.82) is 0 Å². The largest absolute Gasteiger partial charge is 0.392 e. The van der Waals surface area contributed by atoms with Gasteiger partial charge in [0.25, 0.3) is 0 Å². The molecule has 1 saturated carbocycles. The van der Waals surface area contributed by atoms with Crippen LogP contribution in [0.25, 0.3) is 0 Å². The van der Waals surface area contributed by atoms with E-state index in [9.17, 15) is 20.4 Å². The van der Waals surface area contributed by atoms with Crippen LogP contribution in [0.15, 0.2) is 11.6 Å². The first-order valence-electron chi connectivity index (χ1n) is 7.08. The van der Waals surface area contributed by atoms with Crippen LogP contribution in [0, 0.1) is 17.3 Å². The zero-order chi connectivity index (χ0) is 14.6. The van der Waals surface area contributed by atoms with Gasteiger partial charge in [-0.05, 0) is 19.3 Å². The second-order valence-corrected chi connectivity index (χ2v) is 6.94. The Morgan fingerprint density at radius 3 is 2.37 bits per heavy atom. The second-order valence-electron chi connectivity index (χ2n) is 6.94. The minimum atomic E-state index is -1.15. The van der Waals surface area contributed by atoms with Crippen LogP contribution in [0.2, 0.25) is 0 Å². The fourth-order valence-corrected chi connectivity index (χ4v) is 4.09. The molecule has 0 aromatic heterocycles. The van der Waals surface area contributed by atoms with Gasteiger partial charge in [-0.2, -0.15) is 0 Å². The molecule has 4 nitrogen and oxygen atoms in total. The van der Waals surface area contributed by atoms with E-state index in [0.29, 0.717) is 6.42 Å². The van der Waals surface area contributed by atoms with Crippen molar-refractivity contribution in [2.75, 3.05) is 0 Å². The van der Waals surface area contributed by atoms with Gasteiger partial charge in [-0.3, -0.25) is 0 Å². The highest BCUT2D eigenvalue weighted by molar-refractivity contribution is 5.22. The van der Waals surface area contributed by atoms with E-state index < -0.39 is 35.2 Å². The van der Waals surface area contributed by atoms with Crippen molar-refractivity contribution in [2.24, 2.45) is 17.3 Å². The molecule has 0 heterocycles. The van der Waals surface area contributed by atoms with E-state index in [1.807, 2.05) is 20.8 Å². The van der Waals surface area contributed by atoms with Gasteiger partial charge in [-0.1, -0.05) is 32.4 Å². The summed E-state index contributed by atoms with van der Waals surface area (Å²) in [5.41, 5.74) is -1.16. The van der Waals surface area contributed by atoms with Crippen molar-refractivity contribution in [2.45, 2.75) is 64.4 Å². The molecule has 6 atom stereocenters. The zero-order valence-corrected chi connectivity index (χ0v) is 12.2. The summed E-state index contributed by atoms with van der Waals surface area (Å²) in [6.07, 6.45) is -0.0817. The van der Waals surface area contributed by atoms with E-state index in [4.69, 9.17) is 0 Å². The standard InChI is InChI=1S/C15H26O4/c1-8(2)15(19)7-12(18)14(4)11(17)6-9(3)5-10(16)13(14)15/h6,8,10-13,16-19H,5,7H2,1-4H3/t10-,11+,12+,13+,14-,15+/m0/s1. The fourth-order valence-electron chi connectivity index (χ4n) is 4.09. The molecule has 0 amide bonds. The maximum Gasteiger partial charge on any atom is 0.0806 e. The molecule has 4 heteroatoms. The highest BCUT2D eigenvalue weighted by atomic mass is 16.3. The molecule has 0 aromatic carbocycles. The quantitative estimate of drug-likeness (QED) is 0.532. The van der Waals surface area contributed by atoms with E-state index in [0.717, 1.165) is 5.57 Å². The van der Waals surface area contributed by atoms with Crippen LogP contribution in [0.4, 0.5) is 0 Å². The van der Waals surface area contributed by atoms with E-state index >= 15 is 0 Å². The Morgan fingerprint density at radius 2 is 1.84 bits per heavy atom. The number of fused-ring (bicyclic) bond motifs is 1. The Labute approximate surface area is 114 Å². The van der Waals surface area contributed by atoms with Crippen molar-refractivity contribution in [3.05, 3.63) is 11.6 Å². The lowest BCUT2D eigenvalue weighted by atomic mass is 9.66. The van der Waals surface area contributed by atoms with Crippen LogP contribution in [0.1, 0.15) is 40.5 Å². The molecule has 2 aliphatic rings. The van der Waals surface area contributed by atoms with Crippen molar-refractivity contribution < 1.29 is 20.4 Å². The van der Waals surface area contributed by atoms with E-state index in [-0.39, 0.29) is 12.3 Å². The van der Waals surface area contributed by atoms with Gasteiger partial charge in [-0.25, -0.2) is 0 Å². The number of rotatable bonds is 1. The van der Waals surface area contributed by atoms with Crippen LogP contribution in [0.5, 0.6) is 0 Å². The topological polar surface area (TPSA) is 80.9 Å². The van der Waals surface area contributed by atoms with Gasteiger partial charge in [0.2, 0.25) is 0 Å². The number of aliphatic hydroxyl groups excluding tert-OH is 3. The molecule has 2 aliphatic carbocycles. The van der Waals surface area contributed by atoms with E-state index in [1.54, 1.807) is 13.0 Å². The second kappa shape index (κ2) is 4.55. The number of hydrogen-bond acceptors (Lipinski definition) is 4. The molecule has 2 rings (SSSR count). The molecule has 0 radical (unpaired) electrons. The molecular formula is C15H26O4. The van der Waals surface area contributed by atoms with Crippen molar-refractivity contribution in [3.63, 3.8) is 0 Å². The molecular weight excluding hydrogens is 244 g/mol. The van der Waals surface area contributed by atoms with Crippen LogP contribution in [-0.4, -0.2) is 44.3 Å². The molecule has 1 fully saturated rings. The third-order valence-corrected chi connectivity index (χ3v) is 5.44. The van der Waals surface area contributed by atoms with Gasteiger partial charge in [0.1, 0.15) is 0 Å². The van der Waals surface area contributed by atoms with Gasteiger partial charge in [0, 0.05) is 17.8 Å². The summed E-state index contributed by atoms with van der Waals surface area (Å²) >= 11 is 0. The lowest BCUT2D eigenvalue weighted by Gasteiger charge is -2.44. The molecule has 19 heavy (non-hydrogen) atoms.